The number of H-pyrrole nitrogens is 1. The van der Waals surface area contributed by atoms with Crippen LogP contribution in [0.3, 0.4) is 0 Å². The van der Waals surface area contributed by atoms with Crippen LogP contribution in [0.1, 0.15) is 10.4 Å². The van der Waals surface area contributed by atoms with Crippen LogP contribution in [-0.4, -0.2) is 21.0 Å². The van der Waals surface area contributed by atoms with Gasteiger partial charge < -0.3 is 10.1 Å². The number of hydrogen-bond acceptors (Lipinski definition) is 2. The summed E-state index contributed by atoms with van der Waals surface area (Å²) in [4.78, 5) is 16.8. The summed E-state index contributed by atoms with van der Waals surface area (Å²) in [6.45, 7) is 0. The summed E-state index contributed by atoms with van der Waals surface area (Å²) < 4.78 is 12.8. The number of carbonyl (C=O) groups is 1. The first-order valence-corrected chi connectivity index (χ1v) is 3.54. The monoisotopic (exact) mass is 180 g/mol. The number of aromatic amines is 1. The smallest absolute Gasteiger partial charge is 0.337 e. The van der Waals surface area contributed by atoms with Gasteiger partial charge in [-0.2, -0.15) is 0 Å². The Morgan fingerprint density at radius 3 is 3.08 bits per heavy atom. The van der Waals surface area contributed by atoms with Gasteiger partial charge in [0.1, 0.15) is 5.52 Å². The lowest BCUT2D eigenvalue weighted by molar-refractivity contribution is 0.0696. The highest BCUT2D eigenvalue weighted by Gasteiger charge is 2.08. The third-order valence-electron chi connectivity index (χ3n) is 1.72. The zero-order valence-electron chi connectivity index (χ0n) is 6.41. The van der Waals surface area contributed by atoms with Crippen molar-refractivity contribution < 1.29 is 14.3 Å². The standard InChI is InChI=1S/C8H5FN2O2/c9-5-3-10-6-1-4(8(12)13)2-11-7(5)6/h1-3,10H,(H,12,13). The van der Waals surface area contributed by atoms with E-state index >= 15 is 0 Å². The van der Waals surface area contributed by atoms with E-state index in [4.69, 9.17) is 5.11 Å². The molecular formula is C8H5FN2O2. The molecule has 2 aromatic heterocycles. The van der Waals surface area contributed by atoms with Gasteiger partial charge in [-0.05, 0) is 6.07 Å². The highest BCUT2D eigenvalue weighted by molar-refractivity contribution is 5.91. The minimum absolute atomic E-state index is 0.0364. The van der Waals surface area contributed by atoms with E-state index in [0.29, 0.717) is 5.52 Å². The Morgan fingerprint density at radius 2 is 2.38 bits per heavy atom. The van der Waals surface area contributed by atoms with E-state index in [2.05, 4.69) is 9.97 Å². The van der Waals surface area contributed by atoms with Gasteiger partial charge in [-0.25, -0.2) is 9.18 Å². The lowest BCUT2D eigenvalue weighted by Gasteiger charge is -1.92. The molecule has 0 aliphatic heterocycles. The third kappa shape index (κ3) is 1.14. The molecule has 0 spiro atoms. The van der Waals surface area contributed by atoms with Crippen molar-refractivity contribution in [1.82, 2.24) is 9.97 Å². The van der Waals surface area contributed by atoms with Crippen LogP contribution in [0.5, 0.6) is 0 Å². The van der Waals surface area contributed by atoms with Gasteiger partial charge >= 0.3 is 5.97 Å². The summed E-state index contributed by atoms with van der Waals surface area (Å²) in [6.07, 6.45) is 2.27. The first kappa shape index (κ1) is 7.72. The number of fused-ring (bicyclic) bond motifs is 1. The van der Waals surface area contributed by atoms with Gasteiger partial charge in [0.25, 0.3) is 0 Å². The molecule has 0 amide bonds. The summed E-state index contributed by atoms with van der Waals surface area (Å²) >= 11 is 0. The molecule has 66 valence electrons. The zero-order chi connectivity index (χ0) is 9.42. The second kappa shape index (κ2) is 2.55. The number of nitrogens with one attached hydrogen (secondary N) is 1. The molecule has 0 fully saturated rings. The highest BCUT2D eigenvalue weighted by atomic mass is 19.1. The maximum absolute atomic E-state index is 12.8. The molecule has 0 bridgehead atoms. The SMILES string of the molecule is O=C(O)c1cnc2c(F)c[nH]c2c1. The van der Waals surface area contributed by atoms with Crippen molar-refractivity contribution in [3.63, 3.8) is 0 Å². The largest absolute Gasteiger partial charge is 0.478 e. The van der Waals surface area contributed by atoms with Crippen molar-refractivity contribution >= 4 is 17.0 Å². The first-order valence-electron chi connectivity index (χ1n) is 3.54. The molecule has 0 aliphatic carbocycles. The van der Waals surface area contributed by atoms with E-state index in [-0.39, 0.29) is 11.1 Å². The minimum atomic E-state index is -1.08. The summed E-state index contributed by atoms with van der Waals surface area (Å²) in [5, 5.41) is 8.60. The van der Waals surface area contributed by atoms with E-state index in [1.54, 1.807) is 0 Å². The summed E-state index contributed by atoms with van der Waals surface area (Å²) in [7, 11) is 0. The summed E-state index contributed by atoms with van der Waals surface area (Å²) in [6, 6.07) is 1.34. The van der Waals surface area contributed by atoms with Crippen LogP contribution in [0.25, 0.3) is 11.0 Å². The lowest BCUT2D eigenvalue weighted by atomic mass is 10.2. The maximum atomic E-state index is 12.8. The van der Waals surface area contributed by atoms with Gasteiger partial charge in [0.2, 0.25) is 0 Å². The van der Waals surface area contributed by atoms with E-state index < -0.39 is 11.8 Å². The molecular weight excluding hydrogens is 175 g/mol. The number of carboxylic acids is 1. The van der Waals surface area contributed by atoms with Crippen LogP contribution in [0, 0.1) is 5.82 Å². The van der Waals surface area contributed by atoms with Crippen LogP contribution < -0.4 is 0 Å². The molecule has 0 atom stereocenters. The van der Waals surface area contributed by atoms with Crippen LogP contribution >= 0.6 is 0 Å². The van der Waals surface area contributed by atoms with Crippen LogP contribution in [0.15, 0.2) is 18.5 Å². The van der Waals surface area contributed by atoms with Crippen molar-refractivity contribution in [2.24, 2.45) is 0 Å². The maximum Gasteiger partial charge on any atom is 0.337 e. The van der Waals surface area contributed by atoms with Gasteiger partial charge in [0.05, 0.1) is 11.1 Å². The van der Waals surface area contributed by atoms with Gasteiger partial charge in [-0.1, -0.05) is 0 Å². The van der Waals surface area contributed by atoms with Crippen molar-refractivity contribution in [3.05, 3.63) is 29.8 Å². The number of aromatic nitrogens is 2. The van der Waals surface area contributed by atoms with Crippen molar-refractivity contribution in [2.75, 3.05) is 0 Å². The van der Waals surface area contributed by atoms with Crippen LogP contribution in [0.4, 0.5) is 4.39 Å². The average Bonchev–Trinajstić information content (AvgIpc) is 2.47. The van der Waals surface area contributed by atoms with Gasteiger partial charge in [0.15, 0.2) is 5.82 Å². The Morgan fingerprint density at radius 1 is 1.62 bits per heavy atom. The fraction of sp³-hybridized carbons (Fsp3) is 0. The number of aromatic carboxylic acids is 1. The third-order valence-corrected chi connectivity index (χ3v) is 1.72. The summed E-state index contributed by atoms with van der Waals surface area (Å²) in [5.74, 6) is -1.56. The molecule has 2 aromatic rings. The molecule has 2 rings (SSSR count). The fourth-order valence-electron chi connectivity index (χ4n) is 1.09. The topological polar surface area (TPSA) is 66.0 Å². The van der Waals surface area contributed by atoms with Crippen molar-refractivity contribution in [1.29, 1.82) is 0 Å². The molecule has 0 aliphatic rings. The number of hydrogen-bond donors (Lipinski definition) is 2. The fourth-order valence-corrected chi connectivity index (χ4v) is 1.09. The number of rotatable bonds is 1. The quantitative estimate of drug-likeness (QED) is 0.697. The minimum Gasteiger partial charge on any atom is -0.478 e. The van der Waals surface area contributed by atoms with Crippen molar-refractivity contribution in [3.8, 4) is 0 Å². The Labute approximate surface area is 72.0 Å². The van der Waals surface area contributed by atoms with E-state index in [1.807, 2.05) is 0 Å². The molecule has 0 saturated heterocycles. The van der Waals surface area contributed by atoms with Crippen LogP contribution in [0.2, 0.25) is 0 Å². The second-order valence-electron chi connectivity index (χ2n) is 2.56. The highest BCUT2D eigenvalue weighted by Crippen LogP contribution is 2.14. The van der Waals surface area contributed by atoms with Crippen LogP contribution in [-0.2, 0) is 0 Å². The van der Waals surface area contributed by atoms with E-state index in [0.717, 1.165) is 12.4 Å². The molecule has 2 heterocycles. The second-order valence-corrected chi connectivity index (χ2v) is 2.56. The van der Waals surface area contributed by atoms with Gasteiger partial charge in [-0.3, -0.25) is 4.98 Å². The molecule has 13 heavy (non-hydrogen) atoms. The predicted molar refractivity (Wildman–Crippen MR) is 43.0 cm³/mol. The number of halogens is 1. The molecule has 0 unspecified atom stereocenters. The molecule has 0 radical (unpaired) electrons. The molecule has 4 nitrogen and oxygen atoms in total. The summed E-state index contributed by atoms with van der Waals surface area (Å²) in [5.41, 5.74) is 0.580. The predicted octanol–water partition coefficient (Wildman–Crippen LogP) is 1.40. The molecule has 2 N–H and O–H groups in total. The molecule has 0 saturated carbocycles. The Bertz CT molecular complexity index is 478. The van der Waals surface area contributed by atoms with E-state index in [1.165, 1.54) is 6.07 Å². The average molecular weight is 180 g/mol. The van der Waals surface area contributed by atoms with Crippen molar-refractivity contribution in [2.45, 2.75) is 0 Å². The Hall–Kier alpha value is -1.91. The van der Waals surface area contributed by atoms with Gasteiger partial charge in [-0.15, -0.1) is 0 Å². The normalized spacial score (nSPS) is 10.5. The Kier molecular flexibility index (Phi) is 1.51. The number of nitrogens with zero attached hydrogens (tertiary/aromatic N) is 1. The zero-order valence-corrected chi connectivity index (χ0v) is 6.41. The number of carboxylic acid groups (broad SMARTS) is 1. The Balaban J connectivity index is 2.70. The number of pyridine rings is 1. The van der Waals surface area contributed by atoms with E-state index in [9.17, 15) is 9.18 Å². The van der Waals surface area contributed by atoms with Gasteiger partial charge in [0, 0.05) is 12.4 Å². The molecule has 5 heteroatoms. The first-order chi connectivity index (χ1) is 6.18. The molecule has 0 aromatic carbocycles. The lowest BCUT2D eigenvalue weighted by Crippen LogP contribution is -1.96.